The Kier molecular flexibility index (Phi) is 5.58. The average molecular weight is 276 g/mol. The van der Waals surface area contributed by atoms with Crippen LogP contribution in [0.4, 0.5) is 0 Å². The number of rotatable bonds is 6. The molecule has 1 aromatic carbocycles. The minimum Gasteiger partial charge on any atom is -0.396 e. The summed E-state index contributed by atoms with van der Waals surface area (Å²) in [6, 6.07) is 10.9. The highest BCUT2D eigenvalue weighted by Gasteiger charge is 2.31. The lowest BCUT2D eigenvalue weighted by Crippen LogP contribution is -2.57. The van der Waals surface area contributed by atoms with Gasteiger partial charge in [0.25, 0.3) is 0 Å². The van der Waals surface area contributed by atoms with Crippen molar-refractivity contribution in [1.29, 1.82) is 0 Å². The first-order valence-electron chi connectivity index (χ1n) is 7.79. The van der Waals surface area contributed by atoms with Crippen molar-refractivity contribution < 1.29 is 5.11 Å². The molecule has 20 heavy (non-hydrogen) atoms. The zero-order valence-electron chi connectivity index (χ0n) is 12.5. The van der Waals surface area contributed by atoms with E-state index in [0.717, 1.165) is 19.3 Å². The Labute approximate surface area is 122 Å². The van der Waals surface area contributed by atoms with Crippen molar-refractivity contribution >= 4 is 0 Å². The molecule has 1 fully saturated rings. The average Bonchev–Trinajstić information content (AvgIpc) is 2.49. The number of nitrogens with two attached hydrogens (primary N) is 1. The second-order valence-electron chi connectivity index (χ2n) is 6.41. The topological polar surface area (TPSA) is 58.3 Å². The van der Waals surface area contributed by atoms with E-state index in [9.17, 15) is 5.11 Å². The first-order chi connectivity index (χ1) is 9.67. The molecule has 3 nitrogen and oxygen atoms in total. The van der Waals surface area contributed by atoms with E-state index < -0.39 is 0 Å². The monoisotopic (exact) mass is 276 g/mol. The van der Waals surface area contributed by atoms with Crippen LogP contribution in [-0.2, 0) is 6.42 Å². The fourth-order valence-corrected chi connectivity index (χ4v) is 3.29. The molecular weight excluding hydrogens is 248 g/mol. The molecule has 0 heterocycles. The van der Waals surface area contributed by atoms with Gasteiger partial charge in [-0.2, -0.15) is 0 Å². The summed E-state index contributed by atoms with van der Waals surface area (Å²) in [5.41, 5.74) is 7.24. The Hall–Kier alpha value is -0.900. The van der Waals surface area contributed by atoms with Gasteiger partial charge in [-0.05, 0) is 37.7 Å². The molecule has 3 unspecified atom stereocenters. The molecule has 1 aromatic rings. The molecule has 2 rings (SSSR count). The molecule has 3 atom stereocenters. The second-order valence-corrected chi connectivity index (χ2v) is 6.41. The fraction of sp³-hybridized carbons (Fsp3) is 0.647. The molecule has 0 spiro atoms. The summed E-state index contributed by atoms with van der Waals surface area (Å²) in [6.45, 7) is 3.09. The normalized spacial score (nSPS) is 26.1. The van der Waals surface area contributed by atoms with Crippen LogP contribution in [-0.4, -0.2) is 29.8 Å². The van der Waals surface area contributed by atoms with Gasteiger partial charge in [-0.3, -0.25) is 0 Å². The van der Waals surface area contributed by atoms with E-state index >= 15 is 0 Å². The standard InChI is InChI=1S/C17H28N2O/c1-17(13-18,11-14-7-3-2-4-8-14)19-16-10-6-5-9-15(16)12-20/h2-4,7-8,15-16,19-20H,5-6,9-13,18H2,1H3. The molecule has 1 saturated carbocycles. The van der Waals surface area contributed by atoms with Crippen molar-refractivity contribution in [3.8, 4) is 0 Å². The predicted molar refractivity (Wildman–Crippen MR) is 83.6 cm³/mol. The Balaban J connectivity index is 2.02. The van der Waals surface area contributed by atoms with Crippen molar-refractivity contribution in [2.24, 2.45) is 11.7 Å². The summed E-state index contributed by atoms with van der Waals surface area (Å²) in [7, 11) is 0. The number of nitrogens with one attached hydrogen (secondary N) is 1. The Bertz CT molecular complexity index is 395. The summed E-state index contributed by atoms with van der Waals surface area (Å²) in [5, 5.41) is 13.3. The highest BCUT2D eigenvalue weighted by molar-refractivity contribution is 5.18. The molecule has 0 aliphatic heterocycles. The zero-order valence-corrected chi connectivity index (χ0v) is 12.5. The molecule has 4 N–H and O–H groups in total. The SMILES string of the molecule is CC(CN)(Cc1ccccc1)NC1CCCCC1CO. The number of hydrogen-bond donors (Lipinski definition) is 3. The summed E-state index contributed by atoms with van der Waals surface area (Å²) in [5.74, 6) is 0.380. The van der Waals surface area contributed by atoms with Gasteiger partial charge in [0.15, 0.2) is 0 Å². The Morgan fingerprint density at radius 1 is 1.25 bits per heavy atom. The van der Waals surface area contributed by atoms with Crippen molar-refractivity contribution in [3.63, 3.8) is 0 Å². The van der Waals surface area contributed by atoms with Gasteiger partial charge in [0.2, 0.25) is 0 Å². The third kappa shape index (κ3) is 4.05. The van der Waals surface area contributed by atoms with Gasteiger partial charge >= 0.3 is 0 Å². The molecule has 1 aliphatic carbocycles. The van der Waals surface area contributed by atoms with Crippen LogP contribution in [0.25, 0.3) is 0 Å². The zero-order chi connectivity index (χ0) is 14.4. The second kappa shape index (κ2) is 7.21. The van der Waals surface area contributed by atoms with Crippen LogP contribution in [0.15, 0.2) is 30.3 Å². The van der Waals surface area contributed by atoms with Gasteiger partial charge in [-0.25, -0.2) is 0 Å². The van der Waals surface area contributed by atoms with Crippen LogP contribution in [0.1, 0.15) is 38.2 Å². The predicted octanol–water partition coefficient (Wildman–Crippen LogP) is 2.09. The highest BCUT2D eigenvalue weighted by atomic mass is 16.3. The first kappa shape index (κ1) is 15.5. The smallest absolute Gasteiger partial charge is 0.0474 e. The lowest BCUT2D eigenvalue weighted by Gasteiger charge is -2.39. The summed E-state index contributed by atoms with van der Waals surface area (Å²) < 4.78 is 0. The Morgan fingerprint density at radius 2 is 1.95 bits per heavy atom. The van der Waals surface area contributed by atoms with Gasteiger partial charge in [-0.1, -0.05) is 43.2 Å². The molecule has 0 radical (unpaired) electrons. The molecule has 1 aliphatic rings. The minimum atomic E-state index is -0.100. The molecule has 0 bridgehead atoms. The van der Waals surface area contributed by atoms with Crippen molar-refractivity contribution in [3.05, 3.63) is 35.9 Å². The molecule has 0 amide bonds. The van der Waals surface area contributed by atoms with Crippen LogP contribution < -0.4 is 11.1 Å². The third-order valence-electron chi connectivity index (χ3n) is 4.57. The molecule has 3 heteroatoms. The van der Waals surface area contributed by atoms with Crippen LogP contribution in [0.3, 0.4) is 0 Å². The van der Waals surface area contributed by atoms with Crippen LogP contribution >= 0.6 is 0 Å². The molecular formula is C17H28N2O. The number of hydrogen-bond acceptors (Lipinski definition) is 3. The van der Waals surface area contributed by atoms with Gasteiger partial charge in [0.05, 0.1) is 0 Å². The van der Waals surface area contributed by atoms with Crippen molar-refractivity contribution in [2.75, 3.05) is 13.2 Å². The van der Waals surface area contributed by atoms with Crippen molar-refractivity contribution in [1.82, 2.24) is 5.32 Å². The molecule has 0 saturated heterocycles. The highest BCUT2D eigenvalue weighted by Crippen LogP contribution is 2.26. The Morgan fingerprint density at radius 3 is 2.60 bits per heavy atom. The number of aliphatic hydroxyl groups excluding tert-OH is 1. The van der Waals surface area contributed by atoms with E-state index in [1.165, 1.54) is 18.4 Å². The summed E-state index contributed by atoms with van der Waals surface area (Å²) in [4.78, 5) is 0. The van der Waals surface area contributed by atoms with E-state index in [1.54, 1.807) is 0 Å². The van der Waals surface area contributed by atoms with E-state index in [-0.39, 0.29) is 12.1 Å². The minimum absolute atomic E-state index is 0.100. The fourth-order valence-electron chi connectivity index (χ4n) is 3.29. The van der Waals surface area contributed by atoms with E-state index in [1.807, 2.05) is 6.07 Å². The van der Waals surface area contributed by atoms with E-state index in [2.05, 4.69) is 36.5 Å². The van der Waals surface area contributed by atoms with Gasteiger partial charge in [0, 0.05) is 24.7 Å². The number of aliphatic hydroxyl groups is 1. The van der Waals surface area contributed by atoms with E-state index in [4.69, 9.17) is 5.73 Å². The van der Waals surface area contributed by atoms with Gasteiger partial charge in [-0.15, -0.1) is 0 Å². The lowest BCUT2D eigenvalue weighted by atomic mass is 9.82. The maximum atomic E-state index is 9.55. The maximum Gasteiger partial charge on any atom is 0.0474 e. The summed E-state index contributed by atoms with van der Waals surface area (Å²) in [6.07, 6.45) is 5.69. The van der Waals surface area contributed by atoms with Crippen LogP contribution in [0, 0.1) is 5.92 Å². The molecule has 0 aromatic heterocycles. The summed E-state index contributed by atoms with van der Waals surface area (Å²) >= 11 is 0. The van der Waals surface area contributed by atoms with Crippen LogP contribution in [0.2, 0.25) is 0 Å². The largest absolute Gasteiger partial charge is 0.396 e. The van der Waals surface area contributed by atoms with E-state index in [0.29, 0.717) is 18.5 Å². The first-order valence-corrected chi connectivity index (χ1v) is 7.79. The maximum absolute atomic E-state index is 9.55. The van der Waals surface area contributed by atoms with Crippen molar-refractivity contribution in [2.45, 2.75) is 50.6 Å². The van der Waals surface area contributed by atoms with Crippen LogP contribution in [0.5, 0.6) is 0 Å². The van der Waals surface area contributed by atoms with Gasteiger partial charge < -0.3 is 16.2 Å². The quantitative estimate of drug-likeness (QED) is 0.745. The van der Waals surface area contributed by atoms with Gasteiger partial charge in [0.1, 0.15) is 0 Å². The lowest BCUT2D eigenvalue weighted by molar-refractivity contribution is 0.131. The molecule has 112 valence electrons. The number of benzene rings is 1. The third-order valence-corrected chi connectivity index (χ3v) is 4.57.